The predicted octanol–water partition coefficient (Wildman–Crippen LogP) is 2.69. The van der Waals surface area contributed by atoms with Gasteiger partial charge in [-0.2, -0.15) is 0 Å². The second-order valence-electron chi connectivity index (χ2n) is 3.36. The Kier molecular flexibility index (Phi) is 2.86. The van der Waals surface area contributed by atoms with E-state index in [4.69, 9.17) is 27.9 Å². The second-order valence-corrected chi connectivity index (χ2v) is 4.18. The molecule has 1 aliphatic heterocycles. The van der Waals surface area contributed by atoms with E-state index in [1.54, 1.807) is 13.2 Å². The summed E-state index contributed by atoms with van der Waals surface area (Å²) < 4.78 is 5.08. The number of methoxy groups -OCH3 is 1. The Morgan fingerprint density at radius 3 is 2.50 bits per heavy atom. The minimum atomic E-state index is 0.492. The molecule has 0 amide bonds. The van der Waals surface area contributed by atoms with Crippen LogP contribution < -0.4 is 10.1 Å². The van der Waals surface area contributed by atoms with Crippen molar-refractivity contribution in [3.05, 3.63) is 27.7 Å². The van der Waals surface area contributed by atoms with Gasteiger partial charge in [0.2, 0.25) is 0 Å². The largest absolute Gasteiger partial charge is 0.495 e. The third-order valence-corrected chi connectivity index (χ3v) is 3.12. The molecule has 1 N–H and O–H groups in total. The van der Waals surface area contributed by atoms with E-state index in [1.165, 1.54) is 0 Å². The average molecular weight is 232 g/mol. The number of benzene rings is 1. The Morgan fingerprint density at radius 2 is 2.00 bits per heavy atom. The van der Waals surface area contributed by atoms with Crippen LogP contribution in [0.1, 0.15) is 11.5 Å². The van der Waals surface area contributed by atoms with Crippen molar-refractivity contribution in [1.82, 2.24) is 5.32 Å². The normalized spacial score (nSPS) is 16.5. The average Bonchev–Trinajstić information content (AvgIpc) is 2.08. The maximum absolute atomic E-state index is 6.12. The number of hydrogen-bond acceptors (Lipinski definition) is 2. The Balaban J connectivity index is 2.36. The van der Waals surface area contributed by atoms with Crippen molar-refractivity contribution in [2.75, 3.05) is 20.2 Å². The molecule has 0 saturated carbocycles. The molecule has 1 saturated heterocycles. The minimum Gasteiger partial charge on any atom is -0.495 e. The smallest absolute Gasteiger partial charge is 0.138 e. The van der Waals surface area contributed by atoms with Gasteiger partial charge in [0, 0.05) is 30.1 Å². The van der Waals surface area contributed by atoms with E-state index in [2.05, 4.69) is 5.32 Å². The van der Waals surface area contributed by atoms with Crippen molar-refractivity contribution >= 4 is 23.2 Å². The van der Waals surface area contributed by atoms with Crippen molar-refractivity contribution < 1.29 is 4.74 Å². The van der Waals surface area contributed by atoms with E-state index in [1.807, 2.05) is 6.07 Å². The molecule has 0 unspecified atom stereocenters. The summed E-state index contributed by atoms with van der Waals surface area (Å²) in [6.07, 6.45) is 0. The molecule has 0 bridgehead atoms. The molecule has 2 rings (SSSR count). The maximum Gasteiger partial charge on any atom is 0.138 e. The number of ether oxygens (including phenoxy) is 1. The Bertz CT molecular complexity index is 350. The summed E-state index contributed by atoms with van der Waals surface area (Å²) in [5.74, 6) is 1.12. The lowest BCUT2D eigenvalue weighted by atomic mass is 9.94. The van der Waals surface area contributed by atoms with Gasteiger partial charge in [-0.15, -0.1) is 0 Å². The molecule has 0 atom stereocenters. The highest BCUT2D eigenvalue weighted by Gasteiger charge is 2.22. The third-order valence-electron chi connectivity index (χ3n) is 2.49. The topological polar surface area (TPSA) is 21.3 Å². The molecule has 0 aromatic heterocycles. The summed E-state index contributed by atoms with van der Waals surface area (Å²) in [6, 6.07) is 3.67. The summed E-state index contributed by atoms with van der Waals surface area (Å²) in [5.41, 5.74) is 1.11. The third kappa shape index (κ3) is 1.70. The quantitative estimate of drug-likeness (QED) is 0.846. The van der Waals surface area contributed by atoms with Crippen LogP contribution in [0.4, 0.5) is 0 Å². The van der Waals surface area contributed by atoms with Crippen LogP contribution in [0.2, 0.25) is 10.0 Å². The molecule has 76 valence electrons. The molecule has 14 heavy (non-hydrogen) atoms. The molecule has 0 radical (unpaired) electrons. The molecule has 1 aromatic carbocycles. The lowest BCUT2D eigenvalue weighted by Crippen LogP contribution is -2.40. The van der Waals surface area contributed by atoms with Crippen LogP contribution in [-0.4, -0.2) is 20.2 Å². The molecular formula is C10H11Cl2NO. The monoisotopic (exact) mass is 231 g/mol. The SMILES string of the molecule is COc1cc(Cl)c(C2CNC2)cc1Cl. The Hall–Kier alpha value is -0.440. The van der Waals surface area contributed by atoms with Crippen LogP contribution in [0.15, 0.2) is 12.1 Å². The summed E-state index contributed by atoms with van der Waals surface area (Å²) in [7, 11) is 1.59. The van der Waals surface area contributed by atoms with Crippen molar-refractivity contribution in [1.29, 1.82) is 0 Å². The van der Waals surface area contributed by atoms with Gasteiger partial charge in [0.05, 0.1) is 12.1 Å². The van der Waals surface area contributed by atoms with Gasteiger partial charge in [-0.1, -0.05) is 23.2 Å². The van der Waals surface area contributed by atoms with Crippen molar-refractivity contribution in [2.45, 2.75) is 5.92 Å². The highest BCUT2D eigenvalue weighted by molar-refractivity contribution is 6.34. The van der Waals surface area contributed by atoms with Crippen molar-refractivity contribution in [3.8, 4) is 5.75 Å². The van der Waals surface area contributed by atoms with Crippen LogP contribution >= 0.6 is 23.2 Å². The summed E-state index contributed by atoms with van der Waals surface area (Å²) in [4.78, 5) is 0. The Labute approximate surface area is 93.2 Å². The first-order valence-corrected chi connectivity index (χ1v) is 5.21. The van der Waals surface area contributed by atoms with Gasteiger partial charge in [-0.05, 0) is 11.6 Å². The van der Waals surface area contributed by atoms with E-state index in [9.17, 15) is 0 Å². The van der Waals surface area contributed by atoms with E-state index < -0.39 is 0 Å². The van der Waals surface area contributed by atoms with Crippen LogP contribution in [-0.2, 0) is 0 Å². The van der Waals surface area contributed by atoms with Gasteiger partial charge < -0.3 is 10.1 Å². The number of halogens is 2. The first-order chi connectivity index (χ1) is 6.72. The lowest BCUT2D eigenvalue weighted by molar-refractivity contribution is 0.413. The molecule has 1 aromatic rings. The fraction of sp³-hybridized carbons (Fsp3) is 0.400. The zero-order valence-corrected chi connectivity index (χ0v) is 9.32. The zero-order valence-electron chi connectivity index (χ0n) is 7.81. The van der Waals surface area contributed by atoms with Gasteiger partial charge in [-0.3, -0.25) is 0 Å². The molecule has 0 spiro atoms. The van der Waals surface area contributed by atoms with E-state index in [0.717, 1.165) is 23.7 Å². The van der Waals surface area contributed by atoms with E-state index in [-0.39, 0.29) is 0 Å². The molecule has 2 nitrogen and oxygen atoms in total. The first kappa shape index (κ1) is 10.1. The molecule has 1 aliphatic rings. The fourth-order valence-electron chi connectivity index (χ4n) is 1.52. The van der Waals surface area contributed by atoms with Crippen LogP contribution in [0.25, 0.3) is 0 Å². The molecular weight excluding hydrogens is 221 g/mol. The second kappa shape index (κ2) is 3.97. The van der Waals surface area contributed by atoms with E-state index >= 15 is 0 Å². The van der Waals surface area contributed by atoms with Gasteiger partial charge >= 0.3 is 0 Å². The van der Waals surface area contributed by atoms with Crippen molar-refractivity contribution in [3.63, 3.8) is 0 Å². The zero-order chi connectivity index (χ0) is 10.1. The summed E-state index contributed by atoms with van der Waals surface area (Å²) in [5, 5.41) is 4.56. The van der Waals surface area contributed by atoms with Gasteiger partial charge in [0.15, 0.2) is 0 Å². The predicted molar refractivity (Wildman–Crippen MR) is 58.6 cm³/mol. The molecule has 4 heteroatoms. The van der Waals surface area contributed by atoms with Gasteiger partial charge in [0.25, 0.3) is 0 Å². The van der Waals surface area contributed by atoms with Crippen LogP contribution in [0.3, 0.4) is 0 Å². The standard InChI is InChI=1S/C10H11Cl2NO/c1-14-10-3-8(11)7(2-9(10)12)6-4-13-5-6/h2-3,6,13H,4-5H2,1H3. The van der Waals surface area contributed by atoms with Crippen LogP contribution in [0, 0.1) is 0 Å². The van der Waals surface area contributed by atoms with Crippen molar-refractivity contribution in [2.24, 2.45) is 0 Å². The number of hydrogen-bond donors (Lipinski definition) is 1. The summed E-state index contributed by atoms with van der Waals surface area (Å²) >= 11 is 12.1. The van der Waals surface area contributed by atoms with Gasteiger partial charge in [-0.25, -0.2) is 0 Å². The molecule has 1 fully saturated rings. The first-order valence-electron chi connectivity index (χ1n) is 4.46. The summed E-state index contributed by atoms with van der Waals surface area (Å²) in [6.45, 7) is 1.95. The van der Waals surface area contributed by atoms with Gasteiger partial charge in [0.1, 0.15) is 5.75 Å². The minimum absolute atomic E-state index is 0.492. The molecule has 0 aliphatic carbocycles. The maximum atomic E-state index is 6.12. The highest BCUT2D eigenvalue weighted by Crippen LogP contribution is 2.35. The molecule has 1 heterocycles. The number of nitrogens with one attached hydrogen (secondary N) is 1. The number of rotatable bonds is 2. The fourth-order valence-corrected chi connectivity index (χ4v) is 2.08. The Morgan fingerprint density at radius 1 is 1.29 bits per heavy atom. The lowest BCUT2D eigenvalue weighted by Gasteiger charge is -2.28. The van der Waals surface area contributed by atoms with E-state index in [0.29, 0.717) is 16.7 Å². The highest BCUT2D eigenvalue weighted by atomic mass is 35.5. The van der Waals surface area contributed by atoms with Crippen LogP contribution in [0.5, 0.6) is 5.75 Å².